The summed E-state index contributed by atoms with van der Waals surface area (Å²) in [6.45, 7) is 8.20. The Kier molecular flexibility index (Phi) is 8.59. The molecule has 2 heterocycles. The van der Waals surface area contributed by atoms with Crippen molar-refractivity contribution in [2.75, 3.05) is 52.9 Å². The maximum atomic E-state index is 12.7. The summed E-state index contributed by atoms with van der Waals surface area (Å²) in [6.07, 6.45) is 3.14. The van der Waals surface area contributed by atoms with Crippen LogP contribution in [0.5, 0.6) is 0 Å². The Morgan fingerprint density at radius 3 is 2.38 bits per heavy atom. The smallest absolute Gasteiger partial charge is 0.357 e. The molecule has 0 aromatic carbocycles. The molecular formula is C18H34F3N5O2S. The molecule has 0 spiro atoms. The van der Waals surface area contributed by atoms with Gasteiger partial charge in [0, 0.05) is 45.8 Å². The normalized spacial score (nSPS) is 23.5. The molecule has 0 bridgehead atoms. The molecule has 2 aliphatic rings. The lowest BCUT2D eigenvalue weighted by Gasteiger charge is -2.32. The minimum absolute atomic E-state index is 0.0790. The van der Waals surface area contributed by atoms with Crippen LogP contribution in [0.2, 0.25) is 0 Å². The third-order valence-corrected chi connectivity index (χ3v) is 7.42. The summed E-state index contributed by atoms with van der Waals surface area (Å²) < 4.78 is 61.7. The number of guanidine groups is 1. The zero-order valence-corrected chi connectivity index (χ0v) is 18.4. The van der Waals surface area contributed by atoms with E-state index in [0.717, 1.165) is 32.1 Å². The lowest BCUT2D eigenvalue weighted by atomic mass is 9.98. The van der Waals surface area contributed by atoms with Gasteiger partial charge in [-0.2, -0.15) is 17.5 Å². The molecule has 2 fully saturated rings. The Balaban J connectivity index is 1.90. The Bertz CT molecular complexity index is 648. The zero-order valence-electron chi connectivity index (χ0n) is 17.6. The van der Waals surface area contributed by atoms with Crippen LogP contribution >= 0.6 is 0 Å². The third-order valence-electron chi connectivity index (χ3n) is 5.79. The molecule has 0 saturated carbocycles. The summed E-state index contributed by atoms with van der Waals surface area (Å²) in [4.78, 5) is 9.27. The maximum Gasteiger partial charge on any atom is 0.511 e. The van der Waals surface area contributed by atoms with Crippen LogP contribution in [0.15, 0.2) is 4.99 Å². The highest BCUT2D eigenvalue weighted by molar-refractivity contribution is 7.90. The second-order valence-electron chi connectivity index (χ2n) is 7.79. The van der Waals surface area contributed by atoms with Crippen LogP contribution in [0, 0.1) is 5.92 Å². The molecule has 1 atom stereocenters. The topological polar surface area (TPSA) is 68.2 Å². The number of likely N-dealkylation sites (N-methyl/N-ethyl adjacent to an activating group) is 2. The van der Waals surface area contributed by atoms with Gasteiger partial charge in [0.05, 0.1) is 0 Å². The second-order valence-corrected chi connectivity index (χ2v) is 9.72. The van der Waals surface area contributed by atoms with E-state index >= 15 is 0 Å². The number of aliphatic imine (C=N–C) groups is 1. The summed E-state index contributed by atoms with van der Waals surface area (Å²) in [7, 11) is -3.22. The van der Waals surface area contributed by atoms with Crippen LogP contribution < -0.4 is 5.32 Å². The van der Waals surface area contributed by atoms with Crippen LogP contribution in [0.25, 0.3) is 0 Å². The third kappa shape index (κ3) is 6.21. The SMILES string of the molecule is CCNC(=NCC1CCN(S(=O)(=O)C(F)(F)F)CC1)N(C)CC1CCCN1CC. The molecule has 2 saturated heterocycles. The number of likely N-dealkylation sites (tertiary alicyclic amines) is 1. The fraction of sp³-hybridized carbons (Fsp3) is 0.944. The van der Waals surface area contributed by atoms with Gasteiger partial charge in [-0.05, 0) is 51.6 Å². The number of nitrogens with zero attached hydrogens (tertiary/aromatic N) is 4. The van der Waals surface area contributed by atoms with E-state index in [1.807, 2.05) is 14.0 Å². The first kappa shape index (κ1) is 24.2. The lowest BCUT2D eigenvalue weighted by molar-refractivity contribution is -0.0496. The standard InChI is InChI=1S/C18H34F3N5O2S/c1-4-22-17(24(3)14-16-7-6-10-25(16)5-2)23-13-15-8-11-26(12-9-15)29(27,28)18(19,20)21/h15-16H,4-14H2,1-3H3,(H,22,23). The predicted octanol–water partition coefficient (Wildman–Crippen LogP) is 1.93. The van der Waals surface area contributed by atoms with Crippen molar-refractivity contribution in [3.05, 3.63) is 0 Å². The minimum atomic E-state index is -5.23. The molecule has 1 N–H and O–H groups in total. The van der Waals surface area contributed by atoms with Gasteiger partial charge in [-0.3, -0.25) is 9.89 Å². The summed E-state index contributed by atoms with van der Waals surface area (Å²) in [5, 5.41) is 3.28. The molecule has 0 aliphatic carbocycles. The first-order valence-electron chi connectivity index (χ1n) is 10.4. The van der Waals surface area contributed by atoms with E-state index in [2.05, 4.69) is 27.0 Å². The van der Waals surface area contributed by atoms with E-state index in [0.29, 0.717) is 29.7 Å². The van der Waals surface area contributed by atoms with Crippen molar-refractivity contribution in [2.24, 2.45) is 10.9 Å². The van der Waals surface area contributed by atoms with E-state index in [1.54, 1.807) is 0 Å². The van der Waals surface area contributed by atoms with Gasteiger partial charge in [0.15, 0.2) is 5.96 Å². The molecule has 0 aromatic rings. The van der Waals surface area contributed by atoms with Gasteiger partial charge in [-0.15, -0.1) is 0 Å². The average Bonchev–Trinajstić information content (AvgIpc) is 3.11. The largest absolute Gasteiger partial charge is 0.511 e. The number of rotatable bonds is 7. The highest BCUT2D eigenvalue weighted by Crippen LogP contribution is 2.30. The van der Waals surface area contributed by atoms with Crippen molar-refractivity contribution >= 4 is 16.0 Å². The van der Waals surface area contributed by atoms with Crippen LogP contribution in [-0.4, -0.2) is 92.9 Å². The number of alkyl halides is 3. The van der Waals surface area contributed by atoms with E-state index in [4.69, 9.17) is 0 Å². The molecule has 170 valence electrons. The minimum Gasteiger partial charge on any atom is -0.357 e. The number of halogens is 3. The quantitative estimate of drug-likeness (QED) is 0.483. The van der Waals surface area contributed by atoms with Gasteiger partial charge >= 0.3 is 15.5 Å². The number of hydrogen-bond acceptors (Lipinski definition) is 4. The fourth-order valence-corrected chi connectivity index (χ4v) is 5.07. The van der Waals surface area contributed by atoms with Crippen LogP contribution in [-0.2, 0) is 10.0 Å². The fourth-order valence-electron chi connectivity index (χ4n) is 4.08. The van der Waals surface area contributed by atoms with Gasteiger partial charge in [-0.25, -0.2) is 8.42 Å². The van der Waals surface area contributed by atoms with Gasteiger partial charge in [0.2, 0.25) is 0 Å². The number of piperidine rings is 1. The predicted molar refractivity (Wildman–Crippen MR) is 108 cm³/mol. The Morgan fingerprint density at radius 2 is 1.83 bits per heavy atom. The molecule has 0 radical (unpaired) electrons. The second kappa shape index (κ2) is 10.3. The van der Waals surface area contributed by atoms with E-state index in [9.17, 15) is 21.6 Å². The summed E-state index contributed by atoms with van der Waals surface area (Å²) >= 11 is 0. The summed E-state index contributed by atoms with van der Waals surface area (Å²) in [5.41, 5.74) is -5.23. The lowest BCUT2D eigenvalue weighted by Crippen LogP contribution is -2.46. The molecule has 11 heteroatoms. The van der Waals surface area contributed by atoms with Gasteiger partial charge in [0.25, 0.3) is 0 Å². The Labute approximate surface area is 172 Å². The van der Waals surface area contributed by atoms with E-state index < -0.39 is 15.5 Å². The first-order chi connectivity index (χ1) is 13.6. The van der Waals surface area contributed by atoms with Crippen molar-refractivity contribution in [1.82, 2.24) is 19.4 Å². The zero-order chi connectivity index (χ0) is 21.7. The highest BCUT2D eigenvalue weighted by atomic mass is 32.2. The number of sulfonamides is 1. The van der Waals surface area contributed by atoms with Gasteiger partial charge < -0.3 is 10.2 Å². The molecule has 29 heavy (non-hydrogen) atoms. The van der Waals surface area contributed by atoms with Gasteiger partial charge in [0.1, 0.15) is 0 Å². The average molecular weight is 442 g/mol. The highest BCUT2D eigenvalue weighted by Gasteiger charge is 2.50. The number of nitrogens with one attached hydrogen (secondary N) is 1. The van der Waals surface area contributed by atoms with E-state index in [1.165, 1.54) is 12.8 Å². The van der Waals surface area contributed by atoms with Crippen molar-refractivity contribution in [3.8, 4) is 0 Å². The summed E-state index contributed by atoms with van der Waals surface area (Å²) in [6, 6.07) is 0.504. The van der Waals surface area contributed by atoms with Crippen molar-refractivity contribution in [3.63, 3.8) is 0 Å². The monoisotopic (exact) mass is 441 g/mol. The number of hydrogen-bond donors (Lipinski definition) is 1. The van der Waals surface area contributed by atoms with Gasteiger partial charge in [-0.1, -0.05) is 6.92 Å². The van der Waals surface area contributed by atoms with Crippen molar-refractivity contribution in [2.45, 2.75) is 51.1 Å². The van der Waals surface area contributed by atoms with Crippen molar-refractivity contribution in [1.29, 1.82) is 0 Å². The molecular weight excluding hydrogens is 407 g/mol. The molecule has 1 unspecified atom stereocenters. The first-order valence-corrected chi connectivity index (χ1v) is 11.8. The molecule has 0 aromatic heterocycles. The molecule has 2 rings (SSSR count). The van der Waals surface area contributed by atoms with Crippen LogP contribution in [0.3, 0.4) is 0 Å². The van der Waals surface area contributed by atoms with Crippen molar-refractivity contribution < 1.29 is 21.6 Å². The Hall–Kier alpha value is -1.07. The Morgan fingerprint density at radius 1 is 1.17 bits per heavy atom. The summed E-state index contributed by atoms with van der Waals surface area (Å²) in [5.74, 6) is 0.871. The van der Waals surface area contributed by atoms with Crippen LogP contribution in [0.4, 0.5) is 13.2 Å². The molecule has 0 amide bonds. The van der Waals surface area contributed by atoms with Crippen LogP contribution in [0.1, 0.15) is 39.5 Å². The van der Waals surface area contributed by atoms with E-state index in [-0.39, 0.29) is 19.0 Å². The molecule has 2 aliphatic heterocycles. The maximum absolute atomic E-state index is 12.7. The molecule has 7 nitrogen and oxygen atoms in total.